The average molecular weight is 289 g/mol. The Morgan fingerprint density at radius 3 is 2.38 bits per heavy atom. The molecular weight excluding hydrogens is 262 g/mol. The van der Waals surface area contributed by atoms with Crippen molar-refractivity contribution in [3.05, 3.63) is 35.9 Å². The predicted molar refractivity (Wildman–Crippen MR) is 85.7 cm³/mol. The molecule has 21 heavy (non-hydrogen) atoms. The van der Waals surface area contributed by atoms with E-state index in [0.717, 1.165) is 39.1 Å². The summed E-state index contributed by atoms with van der Waals surface area (Å²) in [6.07, 6.45) is 0.945. The van der Waals surface area contributed by atoms with Crippen LogP contribution in [-0.4, -0.2) is 47.9 Å². The minimum absolute atomic E-state index is 0.115. The van der Waals surface area contributed by atoms with E-state index in [-0.39, 0.29) is 17.9 Å². The quantitative estimate of drug-likeness (QED) is 0.897. The molecule has 0 aromatic heterocycles. The molecule has 1 aliphatic heterocycles. The molecule has 1 amide bonds. The summed E-state index contributed by atoms with van der Waals surface area (Å²) in [5, 5.41) is 0. The molecule has 0 aliphatic carbocycles. The van der Waals surface area contributed by atoms with Crippen molar-refractivity contribution in [2.75, 3.05) is 26.2 Å². The van der Waals surface area contributed by atoms with Crippen LogP contribution in [0.25, 0.3) is 0 Å². The summed E-state index contributed by atoms with van der Waals surface area (Å²) in [4.78, 5) is 16.7. The molecule has 1 aromatic rings. The van der Waals surface area contributed by atoms with Crippen molar-refractivity contribution in [1.82, 2.24) is 9.80 Å². The standard InChI is InChI=1S/C17H27N3O/c1-3-14(2)16(18)17(21)20-11-9-19(10-12-20)13-15-7-5-4-6-8-15/h4-8,14,16H,3,9-13,18H2,1-2H3. The lowest BCUT2D eigenvalue weighted by atomic mass is 9.98. The van der Waals surface area contributed by atoms with Gasteiger partial charge in [0.05, 0.1) is 6.04 Å². The fourth-order valence-corrected chi connectivity index (χ4v) is 2.68. The molecule has 4 heteroatoms. The van der Waals surface area contributed by atoms with E-state index < -0.39 is 0 Å². The first kappa shape index (κ1) is 16.0. The van der Waals surface area contributed by atoms with E-state index in [4.69, 9.17) is 5.73 Å². The number of piperazine rings is 1. The number of amides is 1. The first-order valence-corrected chi connectivity index (χ1v) is 7.92. The van der Waals surface area contributed by atoms with Gasteiger partial charge in [0.15, 0.2) is 0 Å². The van der Waals surface area contributed by atoms with E-state index in [1.54, 1.807) is 0 Å². The molecule has 4 nitrogen and oxygen atoms in total. The maximum atomic E-state index is 12.3. The number of carbonyl (C=O) groups excluding carboxylic acids is 1. The van der Waals surface area contributed by atoms with Crippen LogP contribution in [0.1, 0.15) is 25.8 Å². The summed E-state index contributed by atoms with van der Waals surface area (Å²) in [5.41, 5.74) is 7.38. The summed E-state index contributed by atoms with van der Waals surface area (Å²) in [7, 11) is 0. The molecule has 0 radical (unpaired) electrons. The van der Waals surface area contributed by atoms with E-state index in [9.17, 15) is 4.79 Å². The smallest absolute Gasteiger partial charge is 0.239 e. The van der Waals surface area contributed by atoms with Crippen molar-refractivity contribution >= 4 is 5.91 Å². The first-order valence-electron chi connectivity index (χ1n) is 7.92. The zero-order valence-electron chi connectivity index (χ0n) is 13.2. The highest BCUT2D eigenvalue weighted by atomic mass is 16.2. The van der Waals surface area contributed by atoms with Gasteiger partial charge < -0.3 is 10.6 Å². The summed E-state index contributed by atoms with van der Waals surface area (Å²) in [6.45, 7) is 8.51. The highest BCUT2D eigenvalue weighted by Gasteiger charge is 2.27. The van der Waals surface area contributed by atoms with E-state index in [2.05, 4.69) is 36.1 Å². The van der Waals surface area contributed by atoms with Crippen molar-refractivity contribution < 1.29 is 4.79 Å². The first-order chi connectivity index (χ1) is 10.1. The minimum Gasteiger partial charge on any atom is -0.339 e. The second-order valence-corrected chi connectivity index (χ2v) is 6.00. The Morgan fingerprint density at radius 1 is 1.19 bits per heavy atom. The zero-order valence-corrected chi connectivity index (χ0v) is 13.2. The van der Waals surface area contributed by atoms with Crippen molar-refractivity contribution in [1.29, 1.82) is 0 Å². The van der Waals surface area contributed by atoms with Gasteiger partial charge in [-0.3, -0.25) is 9.69 Å². The number of hydrogen-bond donors (Lipinski definition) is 1. The van der Waals surface area contributed by atoms with Crippen LogP contribution in [0.15, 0.2) is 30.3 Å². The fourth-order valence-electron chi connectivity index (χ4n) is 2.68. The number of carbonyl (C=O) groups is 1. The Balaban J connectivity index is 1.81. The van der Waals surface area contributed by atoms with Crippen LogP contribution in [0.5, 0.6) is 0 Å². The highest BCUT2D eigenvalue weighted by molar-refractivity contribution is 5.82. The van der Waals surface area contributed by atoms with Gasteiger partial charge in [-0.1, -0.05) is 50.6 Å². The topological polar surface area (TPSA) is 49.6 Å². The van der Waals surface area contributed by atoms with Gasteiger partial charge in [0, 0.05) is 32.7 Å². The molecule has 0 spiro atoms. The van der Waals surface area contributed by atoms with Crippen LogP contribution >= 0.6 is 0 Å². The molecule has 0 saturated carbocycles. The maximum absolute atomic E-state index is 12.3. The average Bonchev–Trinajstić information content (AvgIpc) is 2.54. The Kier molecular flexibility index (Phi) is 5.76. The molecule has 1 aromatic carbocycles. The molecule has 1 heterocycles. The van der Waals surface area contributed by atoms with Crippen LogP contribution in [0.3, 0.4) is 0 Å². The monoisotopic (exact) mass is 289 g/mol. The van der Waals surface area contributed by atoms with Crippen molar-refractivity contribution in [2.24, 2.45) is 11.7 Å². The number of benzene rings is 1. The van der Waals surface area contributed by atoms with Crippen LogP contribution in [0, 0.1) is 5.92 Å². The van der Waals surface area contributed by atoms with Gasteiger partial charge >= 0.3 is 0 Å². The van der Waals surface area contributed by atoms with E-state index in [0.29, 0.717) is 0 Å². The number of nitrogens with two attached hydrogens (primary N) is 1. The third-order valence-corrected chi connectivity index (χ3v) is 4.48. The largest absolute Gasteiger partial charge is 0.339 e. The van der Waals surface area contributed by atoms with Gasteiger partial charge in [-0.25, -0.2) is 0 Å². The molecular formula is C17H27N3O. The van der Waals surface area contributed by atoms with Gasteiger partial charge in [0.1, 0.15) is 0 Å². The SMILES string of the molecule is CCC(C)C(N)C(=O)N1CCN(Cc2ccccc2)CC1. The van der Waals surface area contributed by atoms with E-state index >= 15 is 0 Å². The van der Waals surface area contributed by atoms with Gasteiger partial charge in [-0.05, 0) is 11.5 Å². The van der Waals surface area contributed by atoms with Crippen molar-refractivity contribution in [3.63, 3.8) is 0 Å². The lowest BCUT2D eigenvalue weighted by Gasteiger charge is -2.36. The lowest BCUT2D eigenvalue weighted by Crippen LogP contribution is -2.54. The number of hydrogen-bond acceptors (Lipinski definition) is 3. The molecule has 2 unspecified atom stereocenters. The van der Waals surface area contributed by atoms with Crippen LogP contribution < -0.4 is 5.73 Å². The Morgan fingerprint density at radius 2 is 1.81 bits per heavy atom. The van der Waals surface area contributed by atoms with Crippen LogP contribution in [-0.2, 0) is 11.3 Å². The van der Waals surface area contributed by atoms with Crippen molar-refractivity contribution in [3.8, 4) is 0 Å². The molecule has 2 N–H and O–H groups in total. The fraction of sp³-hybridized carbons (Fsp3) is 0.588. The molecule has 0 bridgehead atoms. The van der Waals surface area contributed by atoms with Crippen LogP contribution in [0.4, 0.5) is 0 Å². The predicted octanol–water partition coefficient (Wildman–Crippen LogP) is 1.70. The summed E-state index contributed by atoms with van der Waals surface area (Å²) >= 11 is 0. The molecule has 2 atom stereocenters. The number of rotatable bonds is 5. The van der Waals surface area contributed by atoms with Gasteiger partial charge in [-0.15, -0.1) is 0 Å². The summed E-state index contributed by atoms with van der Waals surface area (Å²) in [6, 6.07) is 10.1. The summed E-state index contributed by atoms with van der Waals surface area (Å²) < 4.78 is 0. The second-order valence-electron chi connectivity index (χ2n) is 6.00. The number of nitrogens with zero attached hydrogens (tertiary/aromatic N) is 2. The molecule has 1 aliphatic rings. The normalized spacial score (nSPS) is 19.3. The zero-order chi connectivity index (χ0) is 15.2. The van der Waals surface area contributed by atoms with E-state index in [1.807, 2.05) is 17.9 Å². The maximum Gasteiger partial charge on any atom is 0.239 e. The highest BCUT2D eigenvalue weighted by Crippen LogP contribution is 2.12. The van der Waals surface area contributed by atoms with Crippen molar-refractivity contribution in [2.45, 2.75) is 32.9 Å². The molecule has 1 saturated heterocycles. The Bertz CT molecular complexity index is 441. The lowest BCUT2D eigenvalue weighted by molar-refractivity contribution is -0.135. The second kappa shape index (κ2) is 7.57. The Hall–Kier alpha value is -1.39. The van der Waals surface area contributed by atoms with Crippen LogP contribution in [0.2, 0.25) is 0 Å². The van der Waals surface area contributed by atoms with Gasteiger partial charge in [0.2, 0.25) is 5.91 Å². The minimum atomic E-state index is -0.351. The summed E-state index contributed by atoms with van der Waals surface area (Å²) in [5.74, 6) is 0.364. The Labute approximate surface area is 127 Å². The van der Waals surface area contributed by atoms with Gasteiger partial charge in [-0.2, -0.15) is 0 Å². The third-order valence-electron chi connectivity index (χ3n) is 4.48. The van der Waals surface area contributed by atoms with E-state index in [1.165, 1.54) is 5.56 Å². The molecule has 116 valence electrons. The molecule has 1 fully saturated rings. The third kappa shape index (κ3) is 4.29. The van der Waals surface area contributed by atoms with Gasteiger partial charge in [0.25, 0.3) is 0 Å². The molecule has 2 rings (SSSR count).